The Balaban J connectivity index is 1.41. The van der Waals surface area contributed by atoms with E-state index >= 15 is 0 Å². The lowest BCUT2D eigenvalue weighted by atomic mass is 9.56. The zero-order valence-electron chi connectivity index (χ0n) is 14.2. The molecule has 0 bridgehead atoms. The summed E-state index contributed by atoms with van der Waals surface area (Å²) in [6, 6.07) is 5.43. The molecule has 0 spiro atoms. The highest BCUT2D eigenvalue weighted by atomic mass is 16.5. The molecular weight excluding hydrogens is 320 g/mol. The van der Waals surface area contributed by atoms with Crippen LogP contribution in [0.25, 0.3) is 5.52 Å². The fraction of sp³-hybridized carbons (Fsp3) is 0.556. The predicted molar refractivity (Wildman–Crippen MR) is 93.5 cm³/mol. The van der Waals surface area contributed by atoms with E-state index in [1.165, 1.54) is 0 Å². The highest BCUT2D eigenvalue weighted by Crippen LogP contribution is 2.52. The van der Waals surface area contributed by atoms with Crippen molar-refractivity contribution in [3.8, 4) is 0 Å². The molecule has 134 valence electrons. The third-order valence-electron chi connectivity index (χ3n) is 5.88. The number of fused-ring (bicyclic) bond motifs is 1. The molecule has 7 heteroatoms. The third kappa shape index (κ3) is 2.87. The van der Waals surface area contributed by atoms with Crippen LogP contribution >= 0.6 is 0 Å². The van der Waals surface area contributed by atoms with Crippen molar-refractivity contribution >= 4 is 17.2 Å². The summed E-state index contributed by atoms with van der Waals surface area (Å²) in [6.07, 6.45) is 7.75. The minimum Gasteiger partial charge on any atom is -0.389 e. The molecule has 2 aliphatic rings. The van der Waals surface area contributed by atoms with Gasteiger partial charge in [0.25, 0.3) is 0 Å². The van der Waals surface area contributed by atoms with Crippen molar-refractivity contribution < 1.29 is 14.6 Å². The van der Waals surface area contributed by atoms with Gasteiger partial charge in [-0.25, -0.2) is 9.31 Å². The molecule has 3 heterocycles. The standard InChI is InChI=1S/C18H24N4O3/c23-16(21-14-12-20-22-9-2-1-4-15(14)22)19-13-17(5-3-6-17)18(24)7-10-25-11-8-18/h1-2,4,9,12,24H,3,5-8,10-11,13H2,(H2,19,21,23). The highest BCUT2D eigenvalue weighted by Gasteiger charge is 2.54. The lowest BCUT2D eigenvalue weighted by Gasteiger charge is -2.54. The van der Waals surface area contributed by atoms with Crippen molar-refractivity contribution in [1.29, 1.82) is 0 Å². The average Bonchev–Trinajstić information content (AvgIpc) is 2.97. The number of ether oxygens (including phenoxy) is 1. The Hall–Kier alpha value is -2.12. The van der Waals surface area contributed by atoms with Crippen LogP contribution in [0.1, 0.15) is 32.1 Å². The van der Waals surface area contributed by atoms with Crippen molar-refractivity contribution in [2.45, 2.75) is 37.7 Å². The summed E-state index contributed by atoms with van der Waals surface area (Å²) in [4.78, 5) is 12.4. The molecule has 1 saturated carbocycles. The summed E-state index contributed by atoms with van der Waals surface area (Å²) in [7, 11) is 0. The molecule has 2 amide bonds. The van der Waals surface area contributed by atoms with Gasteiger partial charge in [-0.1, -0.05) is 12.5 Å². The molecule has 25 heavy (non-hydrogen) atoms. The largest absolute Gasteiger partial charge is 0.389 e. The minimum absolute atomic E-state index is 0.227. The van der Waals surface area contributed by atoms with E-state index in [4.69, 9.17) is 4.74 Å². The van der Waals surface area contributed by atoms with Gasteiger partial charge < -0.3 is 20.5 Å². The molecule has 3 N–H and O–H groups in total. The van der Waals surface area contributed by atoms with E-state index < -0.39 is 5.60 Å². The molecule has 2 aromatic rings. The number of hydrogen-bond donors (Lipinski definition) is 3. The maximum atomic E-state index is 12.4. The minimum atomic E-state index is -0.735. The first-order chi connectivity index (χ1) is 12.1. The second-order valence-electron chi connectivity index (χ2n) is 7.17. The molecule has 0 aromatic carbocycles. The molecule has 7 nitrogen and oxygen atoms in total. The molecule has 4 rings (SSSR count). The van der Waals surface area contributed by atoms with E-state index in [2.05, 4.69) is 15.7 Å². The van der Waals surface area contributed by atoms with Crippen LogP contribution in [0.2, 0.25) is 0 Å². The SMILES string of the molecule is O=C(NCC1(C2(O)CCOCC2)CCC1)Nc1cnn2ccccc12. The Kier molecular flexibility index (Phi) is 4.13. The zero-order valence-corrected chi connectivity index (χ0v) is 14.2. The number of pyridine rings is 1. The summed E-state index contributed by atoms with van der Waals surface area (Å²) in [6.45, 7) is 1.66. The fourth-order valence-electron chi connectivity index (χ4n) is 4.10. The van der Waals surface area contributed by atoms with E-state index in [9.17, 15) is 9.90 Å². The number of urea groups is 1. The Morgan fingerprint density at radius 1 is 1.28 bits per heavy atom. The maximum Gasteiger partial charge on any atom is 0.319 e. The lowest BCUT2D eigenvalue weighted by Crippen LogP contribution is -2.60. The second-order valence-corrected chi connectivity index (χ2v) is 7.17. The van der Waals surface area contributed by atoms with E-state index in [-0.39, 0.29) is 11.4 Å². The van der Waals surface area contributed by atoms with Crippen molar-refractivity contribution in [3.63, 3.8) is 0 Å². The molecule has 0 atom stereocenters. The van der Waals surface area contributed by atoms with Gasteiger partial charge in [0, 0.05) is 44.2 Å². The summed E-state index contributed by atoms with van der Waals surface area (Å²) in [5.41, 5.74) is 0.556. The van der Waals surface area contributed by atoms with Crippen LogP contribution in [0, 0.1) is 5.41 Å². The van der Waals surface area contributed by atoms with Crippen LogP contribution in [0.4, 0.5) is 10.5 Å². The Bertz CT molecular complexity index is 763. The van der Waals surface area contributed by atoms with Crippen LogP contribution in [-0.2, 0) is 4.74 Å². The first kappa shape index (κ1) is 16.4. The predicted octanol–water partition coefficient (Wildman–Crippen LogP) is 2.17. The molecule has 1 saturated heterocycles. The van der Waals surface area contributed by atoms with Crippen LogP contribution in [0.15, 0.2) is 30.6 Å². The molecule has 1 aliphatic heterocycles. The van der Waals surface area contributed by atoms with Gasteiger partial charge in [-0.2, -0.15) is 5.10 Å². The van der Waals surface area contributed by atoms with Gasteiger partial charge >= 0.3 is 6.03 Å². The zero-order chi connectivity index (χ0) is 17.3. The van der Waals surface area contributed by atoms with Crippen LogP contribution in [0.3, 0.4) is 0 Å². The van der Waals surface area contributed by atoms with E-state index in [0.29, 0.717) is 38.3 Å². The van der Waals surface area contributed by atoms with Crippen LogP contribution < -0.4 is 10.6 Å². The van der Waals surface area contributed by atoms with Gasteiger partial charge in [0.2, 0.25) is 0 Å². The fourth-order valence-corrected chi connectivity index (χ4v) is 4.10. The van der Waals surface area contributed by atoms with E-state index in [0.717, 1.165) is 24.8 Å². The Morgan fingerprint density at radius 2 is 2.08 bits per heavy atom. The topological polar surface area (TPSA) is 87.9 Å². The summed E-state index contributed by atoms with van der Waals surface area (Å²) >= 11 is 0. The number of aliphatic hydroxyl groups is 1. The van der Waals surface area contributed by atoms with Gasteiger partial charge in [0.1, 0.15) is 0 Å². The first-order valence-electron chi connectivity index (χ1n) is 8.89. The summed E-state index contributed by atoms with van der Waals surface area (Å²) in [5, 5.41) is 21.1. The number of hydrogen-bond acceptors (Lipinski definition) is 4. The smallest absolute Gasteiger partial charge is 0.319 e. The number of carbonyl (C=O) groups is 1. The van der Waals surface area contributed by atoms with Crippen molar-refractivity contribution in [3.05, 3.63) is 30.6 Å². The number of carbonyl (C=O) groups excluding carboxylic acids is 1. The molecule has 1 aliphatic carbocycles. The number of aromatic nitrogens is 2. The number of rotatable bonds is 4. The molecule has 0 unspecified atom stereocenters. The van der Waals surface area contributed by atoms with Crippen molar-refractivity contribution in [2.24, 2.45) is 5.41 Å². The maximum absolute atomic E-state index is 12.4. The number of nitrogens with zero attached hydrogens (tertiary/aromatic N) is 2. The number of amides is 2. The average molecular weight is 344 g/mol. The molecule has 2 aromatic heterocycles. The quantitative estimate of drug-likeness (QED) is 0.793. The molecule has 2 fully saturated rings. The van der Waals surface area contributed by atoms with Gasteiger partial charge in [-0.05, 0) is 25.0 Å². The van der Waals surface area contributed by atoms with Crippen molar-refractivity contribution in [1.82, 2.24) is 14.9 Å². The van der Waals surface area contributed by atoms with Crippen molar-refractivity contribution in [2.75, 3.05) is 25.1 Å². The van der Waals surface area contributed by atoms with E-state index in [1.807, 2.05) is 24.4 Å². The summed E-state index contributed by atoms with van der Waals surface area (Å²) < 4.78 is 7.11. The van der Waals surface area contributed by atoms with Gasteiger partial charge in [0.15, 0.2) is 0 Å². The lowest BCUT2D eigenvalue weighted by molar-refractivity contribution is -0.171. The van der Waals surface area contributed by atoms with Gasteiger partial charge in [0.05, 0.1) is 23.0 Å². The molecule has 0 radical (unpaired) electrons. The third-order valence-corrected chi connectivity index (χ3v) is 5.88. The van der Waals surface area contributed by atoms with Crippen LogP contribution in [-0.4, -0.2) is 46.1 Å². The monoisotopic (exact) mass is 344 g/mol. The van der Waals surface area contributed by atoms with Gasteiger partial charge in [-0.3, -0.25) is 0 Å². The second kappa shape index (κ2) is 6.31. The Labute approximate surface area is 146 Å². The number of anilines is 1. The number of nitrogens with one attached hydrogen (secondary N) is 2. The highest BCUT2D eigenvalue weighted by molar-refractivity contribution is 5.93. The Morgan fingerprint density at radius 3 is 2.80 bits per heavy atom. The molecular formula is C18H24N4O3. The van der Waals surface area contributed by atoms with Gasteiger partial charge in [-0.15, -0.1) is 0 Å². The van der Waals surface area contributed by atoms with E-state index in [1.54, 1.807) is 10.7 Å². The summed E-state index contributed by atoms with van der Waals surface area (Å²) in [5.74, 6) is 0. The van der Waals surface area contributed by atoms with Crippen LogP contribution in [0.5, 0.6) is 0 Å². The first-order valence-corrected chi connectivity index (χ1v) is 8.89. The normalized spacial score (nSPS) is 21.5.